The van der Waals surface area contributed by atoms with Gasteiger partial charge in [-0.25, -0.2) is 9.79 Å². The molecule has 2 aliphatic rings. The first kappa shape index (κ1) is 20.0. The van der Waals surface area contributed by atoms with E-state index in [1.54, 1.807) is 29.2 Å². The molecule has 0 N–H and O–H groups in total. The lowest BCUT2D eigenvalue weighted by molar-refractivity contribution is -0.122. The number of aliphatic imine (C=N–C) groups is 1. The largest absolute Gasteiger partial charge is 0.465 e. The van der Waals surface area contributed by atoms with Gasteiger partial charge in [0.05, 0.1) is 23.3 Å². The summed E-state index contributed by atoms with van der Waals surface area (Å²) in [4.78, 5) is 31.3. The van der Waals surface area contributed by atoms with Crippen LogP contribution >= 0.6 is 11.8 Å². The predicted molar refractivity (Wildman–Crippen MR) is 115 cm³/mol. The van der Waals surface area contributed by atoms with Crippen LogP contribution in [0.2, 0.25) is 0 Å². The summed E-state index contributed by atoms with van der Waals surface area (Å²) >= 11 is 1.32. The van der Waals surface area contributed by atoms with Crippen LogP contribution in [-0.4, -0.2) is 42.4 Å². The number of hydrogen-bond acceptors (Lipinski definition) is 7. The third kappa shape index (κ3) is 3.78. The molecule has 7 nitrogen and oxygen atoms in total. The summed E-state index contributed by atoms with van der Waals surface area (Å²) in [5.41, 5.74) is 2.99. The van der Waals surface area contributed by atoms with Crippen molar-refractivity contribution in [3.8, 4) is 11.5 Å². The van der Waals surface area contributed by atoms with E-state index in [4.69, 9.17) is 14.2 Å². The molecule has 0 spiro atoms. The number of aryl methyl sites for hydroxylation is 1. The van der Waals surface area contributed by atoms with Gasteiger partial charge >= 0.3 is 5.97 Å². The fourth-order valence-corrected chi connectivity index (χ4v) is 4.18. The molecule has 2 aromatic carbocycles. The molecule has 0 aromatic heterocycles. The first-order chi connectivity index (χ1) is 14.5. The molecule has 0 radical (unpaired) electrons. The third-order valence-electron chi connectivity index (χ3n) is 4.77. The smallest absolute Gasteiger partial charge is 0.337 e. The fourth-order valence-electron chi connectivity index (χ4n) is 3.13. The summed E-state index contributed by atoms with van der Waals surface area (Å²) in [6.45, 7) is 4.58. The fraction of sp³-hybridized carbons (Fsp3) is 0.227. The normalized spacial score (nSPS) is 17.8. The molecule has 0 saturated carbocycles. The number of carbonyl (C=O) groups excluding carboxylic acids is 2. The zero-order valence-electron chi connectivity index (χ0n) is 16.8. The first-order valence-electron chi connectivity index (χ1n) is 9.39. The van der Waals surface area contributed by atoms with E-state index in [1.165, 1.54) is 18.9 Å². The number of amides is 1. The molecular formula is C22H20N2O5S. The number of benzene rings is 2. The standard InChI is InChI=1S/C22H20N2O5S/c1-4-24-20(25)19(11-15-10-18-17(9-13(15)2)28-12-29-18)30-22(24)23-16-7-5-14(6-8-16)21(26)27-3/h5-11H,4,12H2,1-3H3/b19-11+,23-22?. The van der Waals surface area contributed by atoms with E-state index in [0.29, 0.717) is 39.4 Å². The maximum absolute atomic E-state index is 12.9. The van der Waals surface area contributed by atoms with Gasteiger partial charge in [0.25, 0.3) is 5.91 Å². The Kier molecular flexibility index (Phi) is 5.50. The highest BCUT2D eigenvalue weighted by Crippen LogP contribution is 2.38. The number of fused-ring (bicyclic) bond motifs is 1. The minimum atomic E-state index is -0.404. The molecule has 8 heteroatoms. The zero-order chi connectivity index (χ0) is 21.3. The second-order valence-electron chi connectivity index (χ2n) is 6.65. The molecule has 0 aliphatic carbocycles. The molecule has 30 heavy (non-hydrogen) atoms. The molecule has 2 heterocycles. The van der Waals surface area contributed by atoms with Crippen LogP contribution in [0.25, 0.3) is 6.08 Å². The van der Waals surface area contributed by atoms with Crippen LogP contribution in [0.4, 0.5) is 5.69 Å². The van der Waals surface area contributed by atoms with Crippen molar-refractivity contribution in [2.45, 2.75) is 13.8 Å². The number of carbonyl (C=O) groups is 2. The van der Waals surface area contributed by atoms with Gasteiger partial charge in [-0.05, 0) is 79.2 Å². The van der Waals surface area contributed by atoms with Crippen molar-refractivity contribution in [1.29, 1.82) is 0 Å². The number of ether oxygens (including phenoxy) is 3. The molecular weight excluding hydrogens is 404 g/mol. The summed E-state index contributed by atoms with van der Waals surface area (Å²) in [5.74, 6) is 0.895. The lowest BCUT2D eigenvalue weighted by Gasteiger charge is -2.12. The quantitative estimate of drug-likeness (QED) is 0.542. The minimum absolute atomic E-state index is 0.0931. The van der Waals surface area contributed by atoms with Crippen molar-refractivity contribution >= 4 is 40.6 Å². The maximum atomic E-state index is 12.9. The van der Waals surface area contributed by atoms with Crippen LogP contribution in [-0.2, 0) is 9.53 Å². The van der Waals surface area contributed by atoms with Crippen molar-refractivity contribution in [2.24, 2.45) is 4.99 Å². The molecule has 0 bridgehead atoms. The Balaban J connectivity index is 1.63. The van der Waals surface area contributed by atoms with Gasteiger partial charge in [-0.3, -0.25) is 9.69 Å². The average Bonchev–Trinajstić information content (AvgIpc) is 3.31. The zero-order valence-corrected chi connectivity index (χ0v) is 17.6. The maximum Gasteiger partial charge on any atom is 0.337 e. The summed E-state index contributed by atoms with van der Waals surface area (Å²) < 4.78 is 15.6. The molecule has 4 rings (SSSR count). The summed E-state index contributed by atoms with van der Waals surface area (Å²) in [5, 5.41) is 0.595. The van der Waals surface area contributed by atoms with Crippen molar-refractivity contribution in [2.75, 3.05) is 20.4 Å². The number of nitrogens with zero attached hydrogens (tertiary/aromatic N) is 2. The molecule has 1 saturated heterocycles. The van der Waals surface area contributed by atoms with E-state index < -0.39 is 5.97 Å². The SMILES string of the molecule is CCN1C(=O)/C(=C\c2cc3c(cc2C)OCO3)SC1=Nc1ccc(C(=O)OC)cc1. The van der Waals surface area contributed by atoms with E-state index >= 15 is 0 Å². The van der Waals surface area contributed by atoms with Crippen LogP contribution in [0.3, 0.4) is 0 Å². The molecule has 2 aliphatic heterocycles. The molecule has 0 unspecified atom stereocenters. The number of rotatable bonds is 4. The highest BCUT2D eigenvalue weighted by molar-refractivity contribution is 8.18. The molecule has 1 fully saturated rings. The van der Waals surface area contributed by atoms with E-state index in [9.17, 15) is 9.59 Å². The van der Waals surface area contributed by atoms with Crippen molar-refractivity contribution in [3.05, 3.63) is 58.0 Å². The number of likely N-dealkylation sites (N-methyl/N-ethyl adjacent to an activating group) is 1. The second kappa shape index (κ2) is 8.23. The third-order valence-corrected chi connectivity index (χ3v) is 5.77. The Morgan fingerprint density at radius 3 is 2.60 bits per heavy atom. The Bertz CT molecular complexity index is 1080. The van der Waals surface area contributed by atoms with E-state index in [-0.39, 0.29) is 12.7 Å². The summed E-state index contributed by atoms with van der Waals surface area (Å²) in [7, 11) is 1.34. The second-order valence-corrected chi connectivity index (χ2v) is 7.66. The van der Waals surface area contributed by atoms with E-state index in [1.807, 2.05) is 32.1 Å². The highest BCUT2D eigenvalue weighted by atomic mass is 32.2. The molecule has 0 atom stereocenters. The van der Waals surface area contributed by atoms with Crippen LogP contribution in [0.1, 0.15) is 28.4 Å². The Morgan fingerprint density at radius 2 is 1.93 bits per heavy atom. The van der Waals surface area contributed by atoms with Crippen molar-refractivity contribution < 1.29 is 23.8 Å². The number of hydrogen-bond donors (Lipinski definition) is 0. The highest BCUT2D eigenvalue weighted by Gasteiger charge is 2.32. The number of methoxy groups -OCH3 is 1. The lowest BCUT2D eigenvalue weighted by Crippen LogP contribution is -2.28. The van der Waals surface area contributed by atoms with Crippen LogP contribution in [0.15, 0.2) is 46.3 Å². The van der Waals surface area contributed by atoms with Gasteiger partial charge < -0.3 is 14.2 Å². The van der Waals surface area contributed by atoms with E-state index in [2.05, 4.69) is 4.99 Å². The molecule has 1 amide bonds. The van der Waals surface area contributed by atoms with Crippen LogP contribution in [0, 0.1) is 6.92 Å². The molecule has 2 aromatic rings. The number of amidine groups is 1. The van der Waals surface area contributed by atoms with E-state index in [0.717, 1.165) is 11.1 Å². The molecule has 154 valence electrons. The van der Waals surface area contributed by atoms with Crippen molar-refractivity contribution in [1.82, 2.24) is 4.90 Å². The topological polar surface area (TPSA) is 77.4 Å². The number of esters is 1. The van der Waals surface area contributed by atoms with Gasteiger partial charge in [-0.15, -0.1) is 0 Å². The van der Waals surface area contributed by atoms with Crippen molar-refractivity contribution in [3.63, 3.8) is 0 Å². The van der Waals surface area contributed by atoms with Gasteiger partial charge in [-0.1, -0.05) is 0 Å². The summed E-state index contributed by atoms with van der Waals surface area (Å²) in [6.07, 6.45) is 1.86. The minimum Gasteiger partial charge on any atom is -0.465 e. The van der Waals surface area contributed by atoms with Gasteiger partial charge in [0.15, 0.2) is 16.7 Å². The Morgan fingerprint density at radius 1 is 1.23 bits per heavy atom. The predicted octanol–water partition coefficient (Wildman–Crippen LogP) is 4.13. The average molecular weight is 424 g/mol. The van der Waals surface area contributed by atoms with Crippen LogP contribution in [0.5, 0.6) is 11.5 Å². The van der Waals surface area contributed by atoms with Gasteiger partial charge in [0.1, 0.15) is 0 Å². The summed E-state index contributed by atoms with van der Waals surface area (Å²) in [6, 6.07) is 10.5. The van der Waals surface area contributed by atoms with Crippen LogP contribution < -0.4 is 9.47 Å². The van der Waals surface area contributed by atoms with Gasteiger partial charge in [-0.2, -0.15) is 0 Å². The first-order valence-corrected chi connectivity index (χ1v) is 10.2. The van der Waals surface area contributed by atoms with Gasteiger partial charge in [0, 0.05) is 6.54 Å². The Labute approximate surface area is 178 Å². The Hall–Kier alpha value is -3.26. The monoisotopic (exact) mass is 424 g/mol. The van der Waals surface area contributed by atoms with Gasteiger partial charge in [0.2, 0.25) is 6.79 Å². The lowest BCUT2D eigenvalue weighted by atomic mass is 10.1. The number of thioether (sulfide) groups is 1.